The zero-order valence-electron chi connectivity index (χ0n) is 31.7. The molecular formula is C56H37NO. The fourth-order valence-electron chi connectivity index (χ4n) is 8.51. The van der Waals surface area contributed by atoms with Gasteiger partial charge >= 0.3 is 0 Å². The Labute approximate surface area is 337 Å². The number of furan rings is 1. The number of benzene rings is 10. The Hall–Kier alpha value is -7.68. The zero-order valence-corrected chi connectivity index (χ0v) is 31.7. The molecule has 0 N–H and O–H groups in total. The van der Waals surface area contributed by atoms with Crippen molar-refractivity contribution in [2.75, 3.05) is 4.90 Å². The van der Waals surface area contributed by atoms with Gasteiger partial charge in [0.2, 0.25) is 0 Å². The molecule has 0 amide bonds. The van der Waals surface area contributed by atoms with Gasteiger partial charge in [0.25, 0.3) is 0 Å². The normalized spacial score (nSPS) is 11.4. The van der Waals surface area contributed by atoms with E-state index in [1.807, 2.05) is 0 Å². The maximum Gasteiger partial charge on any atom is 0.145 e. The largest absolute Gasteiger partial charge is 0.455 e. The van der Waals surface area contributed by atoms with Crippen LogP contribution < -0.4 is 4.90 Å². The highest BCUT2D eigenvalue weighted by Crippen LogP contribution is 2.47. The van der Waals surface area contributed by atoms with Crippen molar-refractivity contribution in [3.8, 4) is 44.5 Å². The summed E-state index contributed by atoms with van der Waals surface area (Å²) in [6, 6.07) is 80.7. The number of fused-ring (bicyclic) bond motifs is 5. The van der Waals surface area contributed by atoms with Crippen molar-refractivity contribution in [2.45, 2.75) is 0 Å². The first kappa shape index (κ1) is 33.6. The Balaban J connectivity index is 1.10. The molecule has 0 aliphatic heterocycles. The summed E-state index contributed by atoms with van der Waals surface area (Å²) in [5, 5.41) is 7.06. The molecule has 272 valence electrons. The summed E-state index contributed by atoms with van der Waals surface area (Å²) in [5.41, 5.74) is 14.2. The summed E-state index contributed by atoms with van der Waals surface area (Å²) in [5.74, 6) is 0. The minimum Gasteiger partial charge on any atom is -0.455 e. The number of rotatable bonds is 7. The molecule has 0 radical (unpaired) electrons. The van der Waals surface area contributed by atoms with Crippen LogP contribution in [0.3, 0.4) is 0 Å². The second-order valence-electron chi connectivity index (χ2n) is 14.9. The van der Waals surface area contributed by atoms with E-state index in [-0.39, 0.29) is 0 Å². The second kappa shape index (κ2) is 14.1. The summed E-state index contributed by atoms with van der Waals surface area (Å²) < 4.78 is 6.85. The van der Waals surface area contributed by atoms with Crippen LogP contribution in [0.4, 0.5) is 17.1 Å². The number of hydrogen-bond donors (Lipinski definition) is 0. The van der Waals surface area contributed by atoms with Crippen LogP contribution in [0.15, 0.2) is 229 Å². The van der Waals surface area contributed by atoms with Gasteiger partial charge in [-0.15, -0.1) is 0 Å². The highest BCUT2D eigenvalue weighted by molar-refractivity contribution is 6.17. The van der Waals surface area contributed by atoms with E-state index in [1.165, 1.54) is 49.4 Å². The van der Waals surface area contributed by atoms with Gasteiger partial charge in [-0.1, -0.05) is 164 Å². The van der Waals surface area contributed by atoms with E-state index in [9.17, 15) is 0 Å². The van der Waals surface area contributed by atoms with Crippen molar-refractivity contribution in [1.82, 2.24) is 0 Å². The van der Waals surface area contributed by atoms with Gasteiger partial charge in [-0.25, -0.2) is 0 Å². The van der Waals surface area contributed by atoms with Gasteiger partial charge in [0.15, 0.2) is 0 Å². The average Bonchev–Trinajstić information content (AvgIpc) is 3.70. The lowest BCUT2D eigenvalue weighted by atomic mass is 9.97. The SMILES string of the molecule is c1ccc(-c2cccc(-c3cccc(N(c4ccc(-c5ccc6ccccc6c5)cc4)c4ccc(-c5ccc6ccccc6c5)c5oc6ccccc6c45)c3)c2)cc1. The molecule has 0 spiro atoms. The Morgan fingerprint density at radius 3 is 1.60 bits per heavy atom. The van der Waals surface area contributed by atoms with Gasteiger partial charge in [0.05, 0.1) is 11.1 Å². The molecule has 0 aliphatic rings. The van der Waals surface area contributed by atoms with Crippen molar-refractivity contribution in [3.63, 3.8) is 0 Å². The van der Waals surface area contributed by atoms with Gasteiger partial charge in [-0.3, -0.25) is 0 Å². The van der Waals surface area contributed by atoms with Gasteiger partial charge < -0.3 is 9.32 Å². The summed E-state index contributed by atoms with van der Waals surface area (Å²) in [6.45, 7) is 0. The van der Waals surface area contributed by atoms with E-state index in [4.69, 9.17) is 4.42 Å². The van der Waals surface area contributed by atoms with Crippen LogP contribution in [0.25, 0.3) is 88.0 Å². The molecule has 11 aromatic rings. The number of nitrogens with zero attached hydrogens (tertiary/aromatic N) is 1. The second-order valence-corrected chi connectivity index (χ2v) is 14.9. The predicted octanol–water partition coefficient (Wildman–Crippen LogP) is 16.0. The van der Waals surface area contributed by atoms with Gasteiger partial charge in [-0.05, 0) is 121 Å². The molecule has 58 heavy (non-hydrogen) atoms. The predicted molar refractivity (Wildman–Crippen MR) is 245 cm³/mol. The molecule has 1 aromatic heterocycles. The standard InChI is InChI=1S/C56H37NO/c1-2-12-38(13-3-1)44-18-10-19-45(34-44)46-20-11-21-50(37-46)57(49-30-28-41(29-31-49)47-26-24-39-14-4-6-16-42(39)35-47)53-33-32-51(48-27-25-40-15-5-7-17-43(40)36-48)56-55(53)52-22-8-9-23-54(52)58-56/h1-37H. The highest BCUT2D eigenvalue weighted by atomic mass is 16.3. The monoisotopic (exact) mass is 739 g/mol. The molecule has 1 heterocycles. The fourth-order valence-corrected chi connectivity index (χ4v) is 8.51. The van der Waals surface area contributed by atoms with Crippen molar-refractivity contribution in [3.05, 3.63) is 224 Å². The van der Waals surface area contributed by atoms with E-state index < -0.39 is 0 Å². The minimum atomic E-state index is 0.866. The molecule has 0 saturated heterocycles. The lowest BCUT2D eigenvalue weighted by Crippen LogP contribution is -2.10. The van der Waals surface area contributed by atoms with Gasteiger partial charge in [0, 0.05) is 22.3 Å². The van der Waals surface area contributed by atoms with Crippen molar-refractivity contribution < 1.29 is 4.42 Å². The maximum absolute atomic E-state index is 6.85. The molecule has 10 aromatic carbocycles. The highest BCUT2D eigenvalue weighted by Gasteiger charge is 2.23. The van der Waals surface area contributed by atoms with Crippen molar-refractivity contribution in [2.24, 2.45) is 0 Å². The quantitative estimate of drug-likeness (QED) is 0.162. The zero-order chi connectivity index (χ0) is 38.4. The van der Waals surface area contributed by atoms with Crippen LogP contribution in [0.5, 0.6) is 0 Å². The van der Waals surface area contributed by atoms with Crippen LogP contribution >= 0.6 is 0 Å². The third kappa shape index (κ3) is 6.00. The molecule has 2 heteroatoms. The first-order chi connectivity index (χ1) is 28.7. The van der Waals surface area contributed by atoms with E-state index in [0.29, 0.717) is 0 Å². The lowest BCUT2D eigenvalue weighted by molar-refractivity contribution is 0.670. The number of anilines is 3. The Morgan fingerprint density at radius 1 is 0.310 bits per heavy atom. The summed E-state index contributed by atoms with van der Waals surface area (Å²) in [6.07, 6.45) is 0. The Kier molecular flexibility index (Phi) is 8.19. The smallest absolute Gasteiger partial charge is 0.145 e. The summed E-state index contributed by atoms with van der Waals surface area (Å²) in [4.78, 5) is 2.39. The molecule has 11 rings (SSSR count). The van der Waals surface area contributed by atoms with E-state index in [0.717, 1.165) is 55.7 Å². The van der Waals surface area contributed by atoms with Crippen LogP contribution in [0.1, 0.15) is 0 Å². The van der Waals surface area contributed by atoms with E-state index in [2.05, 4.69) is 229 Å². The summed E-state index contributed by atoms with van der Waals surface area (Å²) in [7, 11) is 0. The third-order valence-corrected chi connectivity index (χ3v) is 11.4. The molecule has 0 saturated carbocycles. The average molecular weight is 740 g/mol. The summed E-state index contributed by atoms with van der Waals surface area (Å²) >= 11 is 0. The molecule has 0 bridgehead atoms. The molecule has 0 unspecified atom stereocenters. The molecule has 0 atom stereocenters. The van der Waals surface area contributed by atoms with Crippen LogP contribution in [-0.4, -0.2) is 0 Å². The molecule has 2 nitrogen and oxygen atoms in total. The Bertz CT molecular complexity index is 3290. The van der Waals surface area contributed by atoms with Crippen molar-refractivity contribution in [1.29, 1.82) is 0 Å². The first-order valence-corrected chi connectivity index (χ1v) is 19.8. The minimum absolute atomic E-state index is 0.866. The molecule has 0 fully saturated rings. The third-order valence-electron chi connectivity index (χ3n) is 11.4. The van der Waals surface area contributed by atoms with Crippen molar-refractivity contribution >= 4 is 60.5 Å². The van der Waals surface area contributed by atoms with Crippen LogP contribution in [0, 0.1) is 0 Å². The first-order valence-electron chi connectivity index (χ1n) is 19.8. The maximum atomic E-state index is 6.85. The number of para-hydroxylation sites is 1. The fraction of sp³-hybridized carbons (Fsp3) is 0. The van der Waals surface area contributed by atoms with Gasteiger partial charge in [0.1, 0.15) is 11.2 Å². The molecule has 0 aliphatic carbocycles. The van der Waals surface area contributed by atoms with E-state index in [1.54, 1.807) is 0 Å². The Morgan fingerprint density at radius 2 is 0.845 bits per heavy atom. The van der Waals surface area contributed by atoms with Gasteiger partial charge in [-0.2, -0.15) is 0 Å². The van der Waals surface area contributed by atoms with Crippen LogP contribution in [-0.2, 0) is 0 Å². The number of hydrogen-bond acceptors (Lipinski definition) is 2. The lowest BCUT2D eigenvalue weighted by Gasteiger charge is -2.27. The molecular weight excluding hydrogens is 703 g/mol. The van der Waals surface area contributed by atoms with Crippen LogP contribution in [0.2, 0.25) is 0 Å². The topological polar surface area (TPSA) is 16.4 Å². The van der Waals surface area contributed by atoms with E-state index >= 15 is 0 Å².